The van der Waals surface area contributed by atoms with E-state index in [1.165, 1.54) is 6.92 Å². The van der Waals surface area contributed by atoms with Crippen molar-refractivity contribution in [2.75, 3.05) is 11.9 Å². The highest BCUT2D eigenvalue weighted by Gasteiger charge is 2.19. The molecule has 0 bridgehead atoms. The molecule has 1 rings (SSSR count). The molecule has 0 aliphatic carbocycles. The number of carbonyl (C=O) groups is 1. The molecule has 0 fully saturated rings. The Kier molecular flexibility index (Phi) is 4.52. The highest BCUT2D eigenvalue weighted by molar-refractivity contribution is 5.90. The lowest BCUT2D eigenvalue weighted by Crippen LogP contribution is -2.31. The van der Waals surface area contributed by atoms with Crippen molar-refractivity contribution >= 4 is 11.6 Å². The minimum atomic E-state index is -0.858. The third-order valence-electron chi connectivity index (χ3n) is 2.50. The lowest BCUT2D eigenvalue weighted by atomic mass is 10.1. The number of hydrogen-bond acceptors (Lipinski definition) is 3. The zero-order chi connectivity index (χ0) is 12.9. The zero-order valence-electron chi connectivity index (χ0n) is 10.5. The van der Waals surface area contributed by atoms with Gasteiger partial charge in [-0.1, -0.05) is 19.1 Å². The van der Waals surface area contributed by atoms with Crippen LogP contribution in [0.3, 0.4) is 0 Å². The van der Waals surface area contributed by atoms with E-state index in [-0.39, 0.29) is 12.5 Å². The summed E-state index contributed by atoms with van der Waals surface area (Å²) in [5, 5.41) is 12.5. The van der Waals surface area contributed by atoms with Gasteiger partial charge in [0.25, 0.3) is 0 Å². The molecule has 0 heterocycles. The van der Waals surface area contributed by atoms with E-state index in [1.54, 1.807) is 19.1 Å². The quantitative estimate of drug-likeness (QED) is 0.825. The van der Waals surface area contributed by atoms with Crippen molar-refractivity contribution in [3.63, 3.8) is 0 Å². The lowest BCUT2D eigenvalue weighted by Gasteiger charge is -2.22. The molecule has 17 heavy (non-hydrogen) atoms. The maximum Gasteiger partial charge on any atom is 0.221 e. The van der Waals surface area contributed by atoms with Crippen molar-refractivity contribution in [3.8, 4) is 5.75 Å². The van der Waals surface area contributed by atoms with Crippen molar-refractivity contribution < 1.29 is 14.6 Å². The number of aliphatic hydroxyl groups is 1. The minimum absolute atomic E-state index is 0.150. The van der Waals surface area contributed by atoms with Gasteiger partial charge in [0.05, 0.1) is 11.3 Å². The topological polar surface area (TPSA) is 58.6 Å². The minimum Gasteiger partial charge on any atom is -0.488 e. The average Bonchev–Trinajstić information content (AvgIpc) is 2.27. The fourth-order valence-electron chi connectivity index (χ4n) is 1.22. The Morgan fingerprint density at radius 3 is 2.71 bits per heavy atom. The van der Waals surface area contributed by atoms with Crippen LogP contribution in [0, 0.1) is 0 Å². The molecule has 0 aromatic heterocycles. The Bertz CT molecular complexity index is 388. The Hall–Kier alpha value is -1.55. The summed E-state index contributed by atoms with van der Waals surface area (Å²) in [5.41, 5.74) is -0.240. The predicted molar refractivity (Wildman–Crippen MR) is 67.2 cm³/mol. The maximum absolute atomic E-state index is 11.0. The van der Waals surface area contributed by atoms with Crippen LogP contribution in [0.1, 0.15) is 27.2 Å². The Morgan fingerprint density at radius 1 is 1.47 bits per heavy atom. The second kappa shape index (κ2) is 5.68. The first kappa shape index (κ1) is 13.5. The van der Waals surface area contributed by atoms with Crippen molar-refractivity contribution in [2.24, 2.45) is 0 Å². The largest absolute Gasteiger partial charge is 0.488 e. The second-order valence-corrected chi connectivity index (χ2v) is 4.32. The van der Waals surface area contributed by atoms with E-state index in [2.05, 4.69) is 5.32 Å². The Labute approximate surface area is 102 Å². The third-order valence-corrected chi connectivity index (χ3v) is 2.50. The summed E-state index contributed by atoms with van der Waals surface area (Å²) in [4.78, 5) is 11.0. The van der Waals surface area contributed by atoms with Crippen LogP contribution in [-0.2, 0) is 4.79 Å². The fourth-order valence-corrected chi connectivity index (χ4v) is 1.22. The molecule has 4 nitrogen and oxygen atoms in total. The molecule has 1 aromatic carbocycles. The van der Waals surface area contributed by atoms with Crippen molar-refractivity contribution in [1.82, 2.24) is 0 Å². The fraction of sp³-hybridized carbons (Fsp3) is 0.462. The first-order valence-electron chi connectivity index (χ1n) is 5.66. The summed E-state index contributed by atoms with van der Waals surface area (Å²) >= 11 is 0. The van der Waals surface area contributed by atoms with Gasteiger partial charge in [-0.25, -0.2) is 0 Å². The summed E-state index contributed by atoms with van der Waals surface area (Å²) in [6.45, 7) is 5.25. The van der Waals surface area contributed by atoms with Crippen LogP contribution >= 0.6 is 0 Å². The molecule has 0 aliphatic heterocycles. The average molecular weight is 237 g/mol. The number of amides is 1. The van der Waals surface area contributed by atoms with Gasteiger partial charge in [0.15, 0.2) is 0 Å². The molecule has 1 unspecified atom stereocenters. The van der Waals surface area contributed by atoms with Gasteiger partial charge >= 0.3 is 0 Å². The highest BCUT2D eigenvalue weighted by atomic mass is 16.5. The van der Waals surface area contributed by atoms with Gasteiger partial charge in [-0.15, -0.1) is 0 Å². The maximum atomic E-state index is 11.0. The molecule has 2 N–H and O–H groups in total. The molecule has 0 radical (unpaired) electrons. The number of ether oxygens (including phenoxy) is 1. The van der Waals surface area contributed by atoms with E-state index in [9.17, 15) is 9.90 Å². The Balaban J connectivity index is 2.73. The van der Waals surface area contributed by atoms with Gasteiger partial charge in [0.2, 0.25) is 5.91 Å². The van der Waals surface area contributed by atoms with E-state index in [1.807, 2.05) is 19.1 Å². The summed E-state index contributed by atoms with van der Waals surface area (Å²) in [6, 6.07) is 7.16. The first-order chi connectivity index (χ1) is 7.94. The third kappa shape index (κ3) is 4.44. The molecule has 1 amide bonds. The standard InChI is InChI=1S/C13H19NO3/c1-4-13(3,16)9-17-12-8-6-5-7-11(12)14-10(2)15/h5-8,16H,4,9H2,1-3H3,(H,14,15). The number of carbonyl (C=O) groups excluding carboxylic acids is 1. The number of para-hydroxylation sites is 2. The molecular weight excluding hydrogens is 218 g/mol. The van der Waals surface area contributed by atoms with Gasteiger partial charge in [0, 0.05) is 6.92 Å². The molecule has 4 heteroatoms. The molecule has 0 spiro atoms. The van der Waals surface area contributed by atoms with E-state index in [4.69, 9.17) is 4.74 Å². The van der Waals surface area contributed by atoms with E-state index in [0.29, 0.717) is 17.9 Å². The van der Waals surface area contributed by atoms with Gasteiger partial charge < -0.3 is 15.2 Å². The van der Waals surface area contributed by atoms with E-state index < -0.39 is 5.60 Å². The predicted octanol–water partition coefficient (Wildman–Crippen LogP) is 2.18. The van der Waals surface area contributed by atoms with Gasteiger partial charge in [-0.2, -0.15) is 0 Å². The van der Waals surface area contributed by atoms with Crippen molar-refractivity contribution in [1.29, 1.82) is 0 Å². The molecule has 1 aromatic rings. The number of benzene rings is 1. The first-order valence-corrected chi connectivity index (χ1v) is 5.66. The Morgan fingerprint density at radius 2 is 2.12 bits per heavy atom. The summed E-state index contributed by atoms with van der Waals surface area (Å²) < 4.78 is 5.53. The van der Waals surface area contributed by atoms with Crippen molar-refractivity contribution in [2.45, 2.75) is 32.8 Å². The second-order valence-electron chi connectivity index (χ2n) is 4.32. The van der Waals surface area contributed by atoms with E-state index in [0.717, 1.165) is 0 Å². The summed E-state index contributed by atoms with van der Waals surface area (Å²) in [6.07, 6.45) is 0.606. The molecular formula is C13H19NO3. The molecule has 0 saturated carbocycles. The smallest absolute Gasteiger partial charge is 0.221 e. The van der Waals surface area contributed by atoms with Gasteiger partial charge in [-0.05, 0) is 25.5 Å². The number of nitrogens with one attached hydrogen (secondary N) is 1. The van der Waals surface area contributed by atoms with E-state index >= 15 is 0 Å². The number of hydrogen-bond donors (Lipinski definition) is 2. The summed E-state index contributed by atoms with van der Waals surface area (Å²) in [5.74, 6) is 0.416. The number of anilines is 1. The lowest BCUT2D eigenvalue weighted by molar-refractivity contribution is -0.114. The molecule has 94 valence electrons. The van der Waals surface area contributed by atoms with Crippen LogP contribution < -0.4 is 10.1 Å². The molecule has 0 saturated heterocycles. The van der Waals surface area contributed by atoms with Gasteiger partial charge in [-0.3, -0.25) is 4.79 Å². The van der Waals surface area contributed by atoms with Crippen LogP contribution in [0.25, 0.3) is 0 Å². The van der Waals surface area contributed by atoms with Crippen LogP contribution in [0.2, 0.25) is 0 Å². The van der Waals surface area contributed by atoms with Crippen LogP contribution in [0.15, 0.2) is 24.3 Å². The summed E-state index contributed by atoms with van der Waals surface area (Å²) in [7, 11) is 0. The number of rotatable bonds is 5. The SMILES string of the molecule is CCC(C)(O)COc1ccccc1NC(C)=O. The molecule has 1 atom stereocenters. The normalized spacial score (nSPS) is 13.9. The van der Waals surface area contributed by atoms with Crippen molar-refractivity contribution in [3.05, 3.63) is 24.3 Å². The van der Waals surface area contributed by atoms with Crippen LogP contribution in [0.5, 0.6) is 5.75 Å². The monoisotopic (exact) mass is 237 g/mol. The molecule has 0 aliphatic rings. The highest BCUT2D eigenvalue weighted by Crippen LogP contribution is 2.25. The van der Waals surface area contributed by atoms with Crippen LogP contribution in [0.4, 0.5) is 5.69 Å². The van der Waals surface area contributed by atoms with Gasteiger partial charge in [0.1, 0.15) is 12.4 Å². The zero-order valence-corrected chi connectivity index (χ0v) is 10.5. The van der Waals surface area contributed by atoms with Crippen LogP contribution in [-0.4, -0.2) is 23.2 Å².